The largest absolute Gasteiger partial charge is 0.363 e. The number of carbonyl (C=O) groups is 1. The lowest BCUT2D eigenvalue weighted by atomic mass is 10.2. The fourth-order valence-electron chi connectivity index (χ4n) is 2.15. The number of hydrogen-bond acceptors (Lipinski definition) is 6. The Labute approximate surface area is 115 Å². The third-order valence-electron chi connectivity index (χ3n) is 3.14. The molecule has 8 heteroatoms. The molecule has 0 bridgehead atoms. The van der Waals surface area contributed by atoms with E-state index in [1.54, 1.807) is 6.33 Å². The van der Waals surface area contributed by atoms with Crippen LogP contribution in [-0.2, 0) is 4.79 Å². The van der Waals surface area contributed by atoms with Gasteiger partial charge in [-0.05, 0) is 6.42 Å². The molecule has 4 N–H and O–H groups in total. The zero-order valence-electron chi connectivity index (χ0n) is 11.2. The Morgan fingerprint density at radius 2 is 2.35 bits per heavy atom. The highest BCUT2D eigenvalue weighted by Crippen LogP contribution is 2.20. The summed E-state index contributed by atoms with van der Waals surface area (Å²) in [6, 6.07) is 0.0444. The molecule has 1 fully saturated rings. The van der Waals surface area contributed by atoms with Crippen molar-refractivity contribution >= 4 is 28.8 Å². The lowest BCUT2D eigenvalue weighted by molar-refractivity contribution is -0.119. The minimum absolute atomic E-state index is 0.0444. The number of carbonyl (C=O) groups excluding carboxylic acids is 1. The van der Waals surface area contributed by atoms with Gasteiger partial charge in [0, 0.05) is 19.5 Å². The topological polar surface area (TPSA) is 108 Å². The first kappa shape index (κ1) is 12.6. The van der Waals surface area contributed by atoms with Crippen molar-refractivity contribution < 1.29 is 4.79 Å². The Morgan fingerprint density at radius 1 is 1.45 bits per heavy atom. The standard InChI is InChI=1S/C12H17N7O/c1-2-3-13-12-18-10-9(15-6-16-10)11(19-12)17-7-4-8(20)14-5-7/h6-7H,2-5H2,1H3,(H,14,20)(H3,13,15,16,17,18,19). The maximum Gasteiger partial charge on any atom is 0.226 e. The zero-order chi connectivity index (χ0) is 13.9. The summed E-state index contributed by atoms with van der Waals surface area (Å²) < 4.78 is 0. The molecule has 8 nitrogen and oxygen atoms in total. The predicted octanol–water partition coefficient (Wildman–Crippen LogP) is 0.475. The highest BCUT2D eigenvalue weighted by atomic mass is 16.1. The van der Waals surface area contributed by atoms with Gasteiger partial charge >= 0.3 is 0 Å². The molecule has 1 aliphatic heterocycles. The van der Waals surface area contributed by atoms with Gasteiger partial charge in [0.25, 0.3) is 0 Å². The van der Waals surface area contributed by atoms with Crippen molar-refractivity contribution in [2.24, 2.45) is 0 Å². The molecule has 3 rings (SSSR count). The fraction of sp³-hybridized carbons (Fsp3) is 0.500. The molecule has 0 radical (unpaired) electrons. The number of anilines is 2. The van der Waals surface area contributed by atoms with Crippen LogP contribution in [0.4, 0.5) is 11.8 Å². The SMILES string of the molecule is CCCNc1nc(NC2CNC(=O)C2)c2[nH]cnc2n1. The van der Waals surface area contributed by atoms with Crippen LogP contribution < -0.4 is 16.0 Å². The van der Waals surface area contributed by atoms with Crippen molar-refractivity contribution in [2.45, 2.75) is 25.8 Å². The molecular formula is C12H17N7O. The van der Waals surface area contributed by atoms with Crippen LogP contribution in [0.3, 0.4) is 0 Å². The third-order valence-corrected chi connectivity index (χ3v) is 3.14. The summed E-state index contributed by atoms with van der Waals surface area (Å²) in [5.41, 5.74) is 1.37. The van der Waals surface area contributed by atoms with Crippen LogP contribution in [0.25, 0.3) is 11.2 Å². The Bertz CT molecular complexity index is 623. The highest BCUT2D eigenvalue weighted by Gasteiger charge is 2.23. The minimum atomic E-state index is 0.0444. The van der Waals surface area contributed by atoms with Crippen LogP contribution >= 0.6 is 0 Å². The summed E-state index contributed by atoms with van der Waals surface area (Å²) in [4.78, 5) is 27.2. The van der Waals surface area contributed by atoms with Crippen molar-refractivity contribution in [2.75, 3.05) is 23.7 Å². The van der Waals surface area contributed by atoms with Crippen LogP contribution in [0.2, 0.25) is 0 Å². The number of aromatic amines is 1. The molecule has 106 valence electrons. The lowest BCUT2D eigenvalue weighted by Gasteiger charge is -2.13. The Morgan fingerprint density at radius 3 is 3.10 bits per heavy atom. The van der Waals surface area contributed by atoms with E-state index in [4.69, 9.17) is 0 Å². The van der Waals surface area contributed by atoms with Crippen molar-refractivity contribution in [3.63, 3.8) is 0 Å². The number of rotatable bonds is 5. The van der Waals surface area contributed by atoms with Gasteiger partial charge in [-0.3, -0.25) is 4.79 Å². The number of H-pyrrole nitrogens is 1. The van der Waals surface area contributed by atoms with Crippen LogP contribution in [0.1, 0.15) is 19.8 Å². The minimum Gasteiger partial charge on any atom is -0.363 e. The molecule has 20 heavy (non-hydrogen) atoms. The second kappa shape index (κ2) is 5.32. The summed E-state index contributed by atoms with van der Waals surface area (Å²) in [6.07, 6.45) is 3.04. The van der Waals surface area contributed by atoms with E-state index in [0.29, 0.717) is 30.4 Å². The maximum absolute atomic E-state index is 11.2. The first-order valence-electron chi connectivity index (χ1n) is 6.74. The second-order valence-electron chi connectivity index (χ2n) is 4.77. The smallest absolute Gasteiger partial charge is 0.226 e. The molecule has 1 atom stereocenters. The molecule has 0 saturated carbocycles. The first-order valence-corrected chi connectivity index (χ1v) is 6.74. The lowest BCUT2D eigenvalue weighted by Crippen LogP contribution is -2.23. The quantitative estimate of drug-likeness (QED) is 0.632. The predicted molar refractivity (Wildman–Crippen MR) is 75.5 cm³/mol. The van der Waals surface area contributed by atoms with Gasteiger partial charge in [-0.2, -0.15) is 9.97 Å². The normalized spacial score (nSPS) is 18.2. The van der Waals surface area contributed by atoms with Crippen LogP contribution in [-0.4, -0.2) is 45.0 Å². The maximum atomic E-state index is 11.2. The molecule has 0 aliphatic carbocycles. The van der Waals surface area contributed by atoms with E-state index in [1.807, 2.05) is 0 Å². The van der Waals surface area contributed by atoms with Gasteiger partial charge in [-0.1, -0.05) is 6.92 Å². The van der Waals surface area contributed by atoms with Gasteiger partial charge in [-0.15, -0.1) is 0 Å². The Hall–Kier alpha value is -2.38. The van der Waals surface area contributed by atoms with Gasteiger partial charge in [0.15, 0.2) is 11.5 Å². The third kappa shape index (κ3) is 2.49. The molecular weight excluding hydrogens is 258 g/mol. The Balaban J connectivity index is 1.87. The number of aromatic nitrogens is 4. The first-order chi connectivity index (χ1) is 9.76. The van der Waals surface area contributed by atoms with Gasteiger partial charge in [0.05, 0.1) is 12.4 Å². The summed E-state index contributed by atoms with van der Waals surface area (Å²) in [5.74, 6) is 1.28. The van der Waals surface area contributed by atoms with Gasteiger partial charge in [0.2, 0.25) is 11.9 Å². The van der Waals surface area contributed by atoms with Crippen molar-refractivity contribution in [1.29, 1.82) is 0 Å². The zero-order valence-corrected chi connectivity index (χ0v) is 11.2. The number of imidazole rings is 1. The molecule has 2 aromatic rings. The average Bonchev–Trinajstić information content (AvgIpc) is 3.05. The summed E-state index contributed by atoms with van der Waals surface area (Å²) in [7, 11) is 0. The molecule has 1 unspecified atom stereocenters. The van der Waals surface area contributed by atoms with Gasteiger partial charge < -0.3 is 20.9 Å². The highest BCUT2D eigenvalue weighted by molar-refractivity contribution is 5.85. The number of nitrogens with one attached hydrogen (secondary N) is 4. The monoisotopic (exact) mass is 275 g/mol. The van der Waals surface area contributed by atoms with Gasteiger partial charge in [0.1, 0.15) is 5.52 Å². The van der Waals surface area contributed by atoms with E-state index < -0.39 is 0 Å². The van der Waals surface area contributed by atoms with Crippen molar-refractivity contribution in [3.05, 3.63) is 6.33 Å². The molecule has 1 aliphatic rings. The van der Waals surface area contributed by atoms with Crippen molar-refractivity contribution in [3.8, 4) is 0 Å². The molecule has 3 heterocycles. The Kier molecular flexibility index (Phi) is 3.36. The fourth-order valence-corrected chi connectivity index (χ4v) is 2.15. The van der Waals surface area contributed by atoms with E-state index in [2.05, 4.69) is 42.8 Å². The number of hydrogen-bond donors (Lipinski definition) is 4. The second-order valence-corrected chi connectivity index (χ2v) is 4.77. The molecule has 1 saturated heterocycles. The van der Waals surface area contributed by atoms with E-state index in [9.17, 15) is 4.79 Å². The number of fused-ring (bicyclic) bond motifs is 1. The van der Waals surface area contributed by atoms with E-state index in [1.165, 1.54) is 0 Å². The van der Waals surface area contributed by atoms with Gasteiger partial charge in [-0.25, -0.2) is 4.98 Å². The van der Waals surface area contributed by atoms with Crippen LogP contribution in [0.15, 0.2) is 6.33 Å². The average molecular weight is 275 g/mol. The van der Waals surface area contributed by atoms with E-state index in [-0.39, 0.29) is 11.9 Å². The number of amides is 1. The molecule has 2 aromatic heterocycles. The summed E-state index contributed by atoms with van der Waals surface area (Å²) in [5, 5.41) is 9.22. The number of nitrogens with zero attached hydrogens (tertiary/aromatic N) is 3. The molecule has 1 amide bonds. The van der Waals surface area contributed by atoms with Crippen molar-refractivity contribution in [1.82, 2.24) is 25.3 Å². The van der Waals surface area contributed by atoms with Crippen LogP contribution in [0.5, 0.6) is 0 Å². The van der Waals surface area contributed by atoms with E-state index in [0.717, 1.165) is 18.5 Å². The summed E-state index contributed by atoms with van der Waals surface area (Å²) >= 11 is 0. The molecule has 0 spiro atoms. The van der Waals surface area contributed by atoms with Crippen LogP contribution in [0, 0.1) is 0 Å². The van der Waals surface area contributed by atoms with E-state index >= 15 is 0 Å². The molecule has 0 aromatic carbocycles. The summed E-state index contributed by atoms with van der Waals surface area (Å²) in [6.45, 7) is 3.49.